The standard InChI is InChI=1S/C30H33N3O3S/c1-35-25-13-14-28-27(21-25)31-30(37-28)33(16-8-15-32-17-19-36-20-18-32)29(34)22-26(23-9-4-2-5-10-23)24-11-6-3-7-12-24/h2-7,9-14,21,26H,8,15-20,22H2,1H3. The summed E-state index contributed by atoms with van der Waals surface area (Å²) < 4.78 is 11.9. The predicted molar refractivity (Wildman–Crippen MR) is 150 cm³/mol. The summed E-state index contributed by atoms with van der Waals surface area (Å²) in [5.74, 6) is 0.833. The van der Waals surface area contributed by atoms with E-state index in [0.29, 0.717) is 13.0 Å². The number of methoxy groups -OCH3 is 1. The molecule has 5 rings (SSSR count). The molecule has 0 atom stereocenters. The SMILES string of the molecule is COc1ccc2sc(N(CCCN3CCOCC3)C(=O)CC(c3ccccc3)c3ccccc3)nc2c1. The number of hydrogen-bond donors (Lipinski definition) is 0. The van der Waals surface area contributed by atoms with Gasteiger partial charge in [0.15, 0.2) is 5.13 Å². The maximum absolute atomic E-state index is 14.0. The van der Waals surface area contributed by atoms with Crippen molar-refractivity contribution < 1.29 is 14.3 Å². The summed E-state index contributed by atoms with van der Waals surface area (Å²) >= 11 is 1.56. The van der Waals surface area contributed by atoms with E-state index in [1.54, 1.807) is 18.4 Å². The predicted octanol–water partition coefficient (Wildman–Crippen LogP) is 5.58. The fraction of sp³-hybridized carbons (Fsp3) is 0.333. The van der Waals surface area contributed by atoms with Crippen LogP contribution in [0, 0.1) is 0 Å². The second kappa shape index (κ2) is 12.3. The number of fused-ring (bicyclic) bond motifs is 1. The van der Waals surface area contributed by atoms with Gasteiger partial charge in [-0.3, -0.25) is 14.6 Å². The molecule has 3 aromatic carbocycles. The number of carbonyl (C=O) groups excluding carboxylic acids is 1. The zero-order chi connectivity index (χ0) is 25.5. The summed E-state index contributed by atoms with van der Waals surface area (Å²) in [6, 6.07) is 26.5. The molecule has 1 amide bonds. The van der Waals surface area contributed by atoms with Crippen molar-refractivity contribution in [2.24, 2.45) is 0 Å². The molecule has 1 saturated heterocycles. The van der Waals surface area contributed by atoms with Crippen LogP contribution in [-0.2, 0) is 9.53 Å². The highest BCUT2D eigenvalue weighted by atomic mass is 32.1. The molecule has 2 heterocycles. The van der Waals surface area contributed by atoms with Crippen molar-refractivity contribution in [3.63, 3.8) is 0 Å². The van der Waals surface area contributed by atoms with E-state index in [0.717, 1.165) is 71.5 Å². The number of rotatable bonds is 10. The van der Waals surface area contributed by atoms with Gasteiger partial charge in [0.25, 0.3) is 0 Å². The molecule has 0 spiro atoms. The molecule has 4 aromatic rings. The zero-order valence-electron chi connectivity index (χ0n) is 21.2. The molecule has 0 N–H and O–H groups in total. The van der Waals surface area contributed by atoms with E-state index in [-0.39, 0.29) is 11.8 Å². The van der Waals surface area contributed by atoms with Gasteiger partial charge in [-0.1, -0.05) is 72.0 Å². The van der Waals surface area contributed by atoms with Crippen molar-refractivity contribution in [2.75, 3.05) is 51.4 Å². The third kappa shape index (κ3) is 6.36. The van der Waals surface area contributed by atoms with Gasteiger partial charge in [-0.05, 0) is 29.7 Å². The number of carbonyl (C=O) groups is 1. The second-order valence-corrected chi connectivity index (χ2v) is 10.3. The quantitative estimate of drug-likeness (QED) is 0.276. The van der Waals surface area contributed by atoms with E-state index in [9.17, 15) is 4.79 Å². The Labute approximate surface area is 222 Å². The van der Waals surface area contributed by atoms with Crippen LogP contribution in [-0.4, -0.2) is 62.3 Å². The lowest BCUT2D eigenvalue weighted by Crippen LogP contribution is -2.39. The first-order chi connectivity index (χ1) is 18.2. The first-order valence-electron chi connectivity index (χ1n) is 12.9. The molecule has 1 aliphatic rings. The molecule has 0 saturated carbocycles. The third-order valence-corrected chi connectivity index (χ3v) is 7.92. The molecule has 1 fully saturated rings. The Morgan fingerprint density at radius 3 is 2.35 bits per heavy atom. The monoisotopic (exact) mass is 515 g/mol. The van der Waals surface area contributed by atoms with Gasteiger partial charge in [-0.25, -0.2) is 4.98 Å². The second-order valence-electron chi connectivity index (χ2n) is 9.26. The molecule has 6 nitrogen and oxygen atoms in total. The van der Waals surface area contributed by atoms with Crippen molar-refractivity contribution >= 4 is 32.6 Å². The van der Waals surface area contributed by atoms with Gasteiger partial charge in [0.1, 0.15) is 5.75 Å². The molecule has 37 heavy (non-hydrogen) atoms. The summed E-state index contributed by atoms with van der Waals surface area (Å²) in [7, 11) is 1.66. The van der Waals surface area contributed by atoms with Crippen molar-refractivity contribution in [3.05, 3.63) is 90.0 Å². The Morgan fingerprint density at radius 2 is 1.70 bits per heavy atom. The average Bonchev–Trinajstić information content (AvgIpc) is 3.38. The van der Waals surface area contributed by atoms with Crippen LogP contribution in [0.5, 0.6) is 5.75 Å². The van der Waals surface area contributed by atoms with E-state index < -0.39 is 0 Å². The number of nitrogens with zero attached hydrogens (tertiary/aromatic N) is 3. The molecule has 0 aliphatic carbocycles. The minimum atomic E-state index is -0.0221. The van der Waals surface area contributed by atoms with Crippen molar-refractivity contribution in [1.29, 1.82) is 0 Å². The Balaban J connectivity index is 1.41. The van der Waals surface area contributed by atoms with Crippen LogP contribution < -0.4 is 9.64 Å². The van der Waals surface area contributed by atoms with Gasteiger partial charge in [0.2, 0.25) is 5.91 Å². The van der Waals surface area contributed by atoms with Gasteiger partial charge in [0.05, 0.1) is 30.5 Å². The number of amides is 1. The van der Waals surface area contributed by atoms with Crippen LogP contribution in [0.25, 0.3) is 10.2 Å². The highest BCUT2D eigenvalue weighted by Crippen LogP contribution is 2.34. The van der Waals surface area contributed by atoms with Crippen molar-refractivity contribution in [3.8, 4) is 5.75 Å². The van der Waals surface area contributed by atoms with Crippen LogP contribution in [0.3, 0.4) is 0 Å². The lowest BCUT2D eigenvalue weighted by molar-refractivity contribution is -0.118. The fourth-order valence-corrected chi connectivity index (χ4v) is 5.81. The number of ether oxygens (including phenoxy) is 2. The largest absolute Gasteiger partial charge is 0.497 e. The maximum Gasteiger partial charge on any atom is 0.229 e. The molecule has 0 unspecified atom stereocenters. The van der Waals surface area contributed by atoms with E-state index in [4.69, 9.17) is 14.5 Å². The Morgan fingerprint density at radius 1 is 1.03 bits per heavy atom. The Bertz CT molecular complexity index is 1250. The lowest BCUT2D eigenvalue weighted by atomic mass is 9.88. The molecular weight excluding hydrogens is 482 g/mol. The Hall–Kier alpha value is -3.26. The van der Waals surface area contributed by atoms with Crippen molar-refractivity contribution in [2.45, 2.75) is 18.8 Å². The van der Waals surface area contributed by atoms with Crippen LogP contribution in [0.1, 0.15) is 29.9 Å². The number of benzene rings is 3. The summed E-state index contributed by atoms with van der Waals surface area (Å²) in [6.07, 6.45) is 1.26. The molecule has 1 aromatic heterocycles. The van der Waals surface area contributed by atoms with Gasteiger partial charge in [0, 0.05) is 44.6 Å². The normalized spacial score (nSPS) is 14.2. The lowest BCUT2D eigenvalue weighted by Gasteiger charge is -2.28. The number of thiazole rings is 1. The highest BCUT2D eigenvalue weighted by Gasteiger charge is 2.25. The number of morpholine rings is 1. The highest BCUT2D eigenvalue weighted by molar-refractivity contribution is 7.22. The van der Waals surface area contributed by atoms with Crippen molar-refractivity contribution in [1.82, 2.24) is 9.88 Å². The topological polar surface area (TPSA) is 54.9 Å². The number of hydrogen-bond acceptors (Lipinski definition) is 6. The van der Waals surface area contributed by atoms with Crippen LogP contribution in [0.2, 0.25) is 0 Å². The van der Waals surface area contributed by atoms with Gasteiger partial charge >= 0.3 is 0 Å². The maximum atomic E-state index is 14.0. The van der Waals surface area contributed by atoms with Gasteiger partial charge < -0.3 is 9.47 Å². The molecule has 0 radical (unpaired) electrons. The molecule has 7 heteroatoms. The molecule has 0 bridgehead atoms. The van der Waals surface area contributed by atoms with E-state index in [2.05, 4.69) is 29.2 Å². The molecule has 192 valence electrons. The van der Waals surface area contributed by atoms with Gasteiger partial charge in [-0.2, -0.15) is 0 Å². The average molecular weight is 516 g/mol. The third-order valence-electron chi connectivity index (χ3n) is 6.86. The molecular formula is C30H33N3O3S. The summed E-state index contributed by atoms with van der Waals surface area (Å²) in [4.78, 5) is 23.2. The first-order valence-corrected chi connectivity index (χ1v) is 13.7. The van der Waals surface area contributed by atoms with Crippen LogP contribution in [0.4, 0.5) is 5.13 Å². The number of anilines is 1. The fourth-order valence-electron chi connectivity index (χ4n) is 4.83. The minimum Gasteiger partial charge on any atom is -0.497 e. The zero-order valence-corrected chi connectivity index (χ0v) is 22.0. The number of aromatic nitrogens is 1. The first kappa shape index (κ1) is 25.4. The van der Waals surface area contributed by atoms with Crippen LogP contribution in [0.15, 0.2) is 78.9 Å². The minimum absolute atomic E-state index is 0.0221. The Kier molecular flexibility index (Phi) is 8.46. The van der Waals surface area contributed by atoms with E-state index >= 15 is 0 Å². The summed E-state index contributed by atoms with van der Waals surface area (Å²) in [5.41, 5.74) is 3.14. The van der Waals surface area contributed by atoms with E-state index in [1.165, 1.54) is 0 Å². The van der Waals surface area contributed by atoms with Crippen LogP contribution >= 0.6 is 11.3 Å². The summed E-state index contributed by atoms with van der Waals surface area (Å²) in [5, 5.41) is 0.745. The van der Waals surface area contributed by atoms with E-state index in [1.807, 2.05) is 59.5 Å². The smallest absolute Gasteiger partial charge is 0.229 e. The molecule has 1 aliphatic heterocycles. The van der Waals surface area contributed by atoms with Gasteiger partial charge in [-0.15, -0.1) is 0 Å². The summed E-state index contributed by atoms with van der Waals surface area (Å²) in [6.45, 7) is 5.00.